The van der Waals surface area contributed by atoms with Crippen LogP contribution in [0.1, 0.15) is 44.1 Å². The van der Waals surface area contributed by atoms with Crippen LogP contribution in [-0.2, 0) is 11.3 Å². The number of ether oxygens (including phenoxy) is 1. The van der Waals surface area contributed by atoms with Crippen LogP contribution in [0.25, 0.3) is 0 Å². The Morgan fingerprint density at radius 1 is 1.38 bits per heavy atom. The molecule has 0 N–H and O–H groups in total. The lowest BCUT2D eigenvalue weighted by atomic mass is 10.0. The lowest BCUT2D eigenvalue weighted by Gasteiger charge is -2.20. The average Bonchev–Trinajstić information content (AvgIpc) is 2.98. The maximum Gasteiger partial charge on any atom is 0.222 e. The van der Waals surface area contributed by atoms with Gasteiger partial charge in [-0.2, -0.15) is 0 Å². The fraction of sp³-hybridized carbons (Fsp3) is 0.588. The molecule has 0 bridgehead atoms. The molecule has 0 radical (unpaired) electrons. The molecule has 0 unspecified atom stereocenters. The first-order valence-corrected chi connectivity index (χ1v) is 8.46. The zero-order chi connectivity index (χ0) is 15.2. The minimum Gasteiger partial charge on any atom is -0.496 e. The van der Waals surface area contributed by atoms with Gasteiger partial charge in [-0.15, -0.1) is 0 Å². The van der Waals surface area contributed by atoms with Crippen LogP contribution in [-0.4, -0.2) is 25.0 Å². The van der Waals surface area contributed by atoms with Gasteiger partial charge in [0.2, 0.25) is 5.91 Å². The smallest absolute Gasteiger partial charge is 0.222 e. The van der Waals surface area contributed by atoms with Gasteiger partial charge >= 0.3 is 0 Å². The van der Waals surface area contributed by atoms with Crippen molar-refractivity contribution in [1.82, 2.24) is 4.90 Å². The summed E-state index contributed by atoms with van der Waals surface area (Å²) in [6, 6.07) is 5.89. The SMILES string of the molecule is COc1ccc(Br)cc1CN(C)C(=O)CCC1CCCC1. The van der Waals surface area contributed by atoms with E-state index >= 15 is 0 Å². The van der Waals surface area contributed by atoms with Gasteiger partial charge in [-0.25, -0.2) is 0 Å². The fourth-order valence-electron chi connectivity index (χ4n) is 3.03. The van der Waals surface area contributed by atoms with E-state index in [1.54, 1.807) is 12.0 Å². The molecule has 1 fully saturated rings. The van der Waals surface area contributed by atoms with Crippen molar-refractivity contribution < 1.29 is 9.53 Å². The van der Waals surface area contributed by atoms with Gasteiger partial charge in [-0.05, 0) is 30.5 Å². The Hall–Kier alpha value is -1.03. The molecule has 21 heavy (non-hydrogen) atoms. The Morgan fingerprint density at radius 3 is 2.76 bits per heavy atom. The predicted molar refractivity (Wildman–Crippen MR) is 88.4 cm³/mol. The molecule has 116 valence electrons. The quantitative estimate of drug-likeness (QED) is 0.758. The molecule has 3 nitrogen and oxygen atoms in total. The minimum atomic E-state index is 0.226. The van der Waals surface area contributed by atoms with E-state index in [9.17, 15) is 4.79 Å². The number of nitrogens with zero attached hydrogens (tertiary/aromatic N) is 1. The van der Waals surface area contributed by atoms with Crippen LogP contribution in [0.4, 0.5) is 0 Å². The summed E-state index contributed by atoms with van der Waals surface area (Å²) in [5.41, 5.74) is 1.03. The normalized spacial score (nSPS) is 15.2. The Kier molecular flexibility index (Phi) is 6.09. The van der Waals surface area contributed by atoms with E-state index in [-0.39, 0.29) is 5.91 Å². The summed E-state index contributed by atoms with van der Waals surface area (Å²) >= 11 is 3.47. The van der Waals surface area contributed by atoms with Crippen molar-refractivity contribution in [2.24, 2.45) is 5.92 Å². The molecule has 1 amide bonds. The second-order valence-electron chi connectivity index (χ2n) is 5.90. The van der Waals surface area contributed by atoms with E-state index in [2.05, 4.69) is 15.9 Å². The molecule has 1 aliphatic rings. The molecule has 1 aromatic rings. The molecular formula is C17H24BrNO2. The number of methoxy groups -OCH3 is 1. The average molecular weight is 354 g/mol. The molecule has 0 aliphatic heterocycles. The summed E-state index contributed by atoms with van der Waals surface area (Å²) < 4.78 is 6.37. The summed E-state index contributed by atoms with van der Waals surface area (Å²) in [6.45, 7) is 0.589. The molecule has 0 atom stereocenters. The molecule has 0 aromatic heterocycles. The van der Waals surface area contributed by atoms with Crippen molar-refractivity contribution in [3.05, 3.63) is 28.2 Å². The third kappa shape index (κ3) is 4.73. The molecule has 4 heteroatoms. The van der Waals surface area contributed by atoms with Gasteiger partial charge in [0.05, 0.1) is 7.11 Å². The van der Waals surface area contributed by atoms with Gasteiger partial charge in [0.1, 0.15) is 5.75 Å². The maximum atomic E-state index is 12.3. The highest BCUT2D eigenvalue weighted by atomic mass is 79.9. The Bertz CT molecular complexity index is 484. The highest BCUT2D eigenvalue weighted by molar-refractivity contribution is 9.10. The van der Waals surface area contributed by atoms with Crippen LogP contribution >= 0.6 is 15.9 Å². The number of rotatable bonds is 6. The van der Waals surface area contributed by atoms with E-state index in [1.165, 1.54) is 25.7 Å². The monoisotopic (exact) mass is 353 g/mol. The van der Waals surface area contributed by atoms with Crippen molar-refractivity contribution in [2.75, 3.05) is 14.2 Å². The first kappa shape index (κ1) is 16.3. The molecule has 0 heterocycles. The van der Waals surface area contributed by atoms with E-state index in [0.29, 0.717) is 13.0 Å². The van der Waals surface area contributed by atoms with Crippen LogP contribution in [0, 0.1) is 5.92 Å². The van der Waals surface area contributed by atoms with Gasteiger partial charge in [0.15, 0.2) is 0 Å². The van der Waals surface area contributed by atoms with Gasteiger partial charge in [0, 0.05) is 30.0 Å². The second kappa shape index (κ2) is 7.83. The molecule has 1 aromatic carbocycles. The number of carbonyl (C=O) groups is 1. The first-order valence-electron chi connectivity index (χ1n) is 7.66. The van der Waals surface area contributed by atoms with Crippen molar-refractivity contribution in [1.29, 1.82) is 0 Å². The third-order valence-electron chi connectivity index (χ3n) is 4.32. The van der Waals surface area contributed by atoms with Gasteiger partial charge in [-0.3, -0.25) is 4.79 Å². The molecule has 1 aliphatic carbocycles. The first-order chi connectivity index (χ1) is 10.1. The van der Waals surface area contributed by atoms with Crippen molar-refractivity contribution in [2.45, 2.75) is 45.1 Å². The number of carbonyl (C=O) groups excluding carboxylic acids is 1. The van der Waals surface area contributed by atoms with Crippen LogP contribution in [0.15, 0.2) is 22.7 Å². The fourth-order valence-corrected chi connectivity index (χ4v) is 3.44. The van der Waals surface area contributed by atoms with E-state index in [4.69, 9.17) is 4.74 Å². The number of benzene rings is 1. The molecule has 2 rings (SSSR count). The summed E-state index contributed by atoms with van der Waals surface area (Å²) in [5.74, 6) is 1.82. The van der Waals surface area contributed by atoms with Crippen molar-refractivity contribution >= 4 is 21.8 Å². The molecule has 0 spiro atoms. The van der Waals surface area contributed by atoms with Gasteiger partial charge in [-0.1, -0.05) is 41.6 Å². The summed E-state index contributed by atoms with van der Waals surface area (Å²) in [6.07, 6.45) is 6.98. The highest BCUT2D eigenvalue weighted by Gasteiger charge is 2.18. The maximum absolute atomic E-state index is 12.3. The number of halogens is 1. The molecule has 1 saturated carbocycles. The lowest BCUT2D eigenvalue weighted by Crippen LogP contribution is -2.26. The third-order valence-corrected chi connectivity index (χ3v) is 4.81. The van der Waals surface area contributed by atoms with E-state index in [1.807, 2.05) is 25.2 Å². The zero-order valence-electron chi connectivity index (χ0n) is 12.9. The van der Waals surface area contributed by atoms with Crippen LogP contribution in [0.2, 0.25) is 0 Å². The van der Waals surface area contributed by atoms with Gasteiger partial charge in [0.25, 0.3) is 0 Å². The van der Waals surface area contributed by atoms with Gasteiger partial charge < -0.3 is 9.64 Å². The summed E-state index contributed by atoms with van der Waals surface area (Å²) in [4.78, 5) is 14.1. The largest absolute Gasteiger partial charge is 0.496 e. The Labute approximate surface area is 135 Å². The standard InChI is InChI=1S/C17H24BrNO2/c1-19(17(20)10-7-13-5-3-4-6-13)12-14-11-15(18)8-9-16(14)21-2/h8-9,11,13H,3-7,10,12H2,1-2H3. The zero-order valence-corrected chi connectivity index (χ0v) is 14.5. The number of amides is 1. The second-order valence-corrected chi connectivity index (χ2v) is 6.81. The predicted octanol–water partition coefficient (Wildman–Crippen LogP) is 4.39. The number of hydrogen-bond donors (Lipinski definition) is 0. The van der Waals surface area contributed by atoms with Crippen LogP contribution < -0.4 is 4.74 Å². The van der Waals surface area contributed by atoms with Crippen molar-refractivity contribution in [3.63, 3.8) is 0 Å². The van der Waals surface area contributed by atoms with Crippen LogP contribution in [0.5, 0.6) is 5.75 Å². The molecule has 0 saturated heterocycles. The summed E-state index contributed by atoms with van der Waals surface area (Å²) in [7, 11) is 3.53. The van der Waals surface area contributed by atoms with Crippen LogP contribution in [0.3, 0.4) is 0 Å². The highest BCUT2D eigenvalue weighted by Crippen LogP contribution is 2.29. The van der Waals surface area contributed by atoms with E-state index < -0.39 is 0 Å². The molecular weight excluding hydrogens is 330 g/mol. The topological polar surface area (TPSA) is 29.5 Å². The van der Waals surface area contributed by atoms with E-state index in [0.717, 1.165) is 28.1 Å². The van der Waals surface area contributed by atoms with Crippen molar-refractivity contribution in [3.8, 4) is 5.75 Å². The Balaban J connectivity index is 1.89. The Morgan fingerprint density at radius 2 is 2.10 bits per heavy atom. The lowest BCUT2D eigenvalue weighted by molar-refractivity contribution is -0.130. The summed E-state index contributed by atoms with van der Waals surface area (Å²) in [5, 5.41) is 0. The minimum absolute atomic E-state index is 0.226. The number of hydrogen-bond acceptors (Lipinski definition) is 2.